The van der Waals surface area contributed by atoms with Crippen molar-refractivity contribution in [2.45, 2.75) is 24.9 Å². The zero-order chi connectivity index (χ0) is 17.8. The lowest BCUT2D eigenvalue weighted by molar-refractivity contribution is -0.132. The third kappa shape index (κ3) is 3.86. The SMILES string of the molecule is Cl.O=C(NCc1ccc(-n2cncn2)cc1)C1(n2cccn2)CCNCC1. The Kier molecular flexibility index (Phi) is 5.88. The maximum Gasteiger partial charge on any atom is 0.248 e. The van der Waals surface area contributed by atoms with Gasteiger partial charge in [-0.1, -0.05) is 12.1 Å². The minimum atomic E-state index is -0.616. The van der Waals surface area contributed by atoms with Crippen LogP contribution < -0.4 is 10.6 Å². The lowest BCUT2D eigenvalue weighted by atomic mass is 9.87. The van der Waals surface area contributed by atoms with Crippen LogP contribution in [0.1, 0.15) is 18.4 Å². The number of piperidine rings is 1. The van der Waals surface area contributed by atoms with Crippen molar-refractivity contribution in [3.05, 3.63) is 60.9 Å². The molecule has 142 valence electrons. The zero-order valence-corrected chi connectivity index (χ0v) is 15.6. The second-order valence-electron chi connectivity index (χ2n) is 6.42. The first-order valence-electron chi connectivity index (χ1n) is 8.71. The van der Waals surface area contributed by atoms with Crippen LogP contribution in [0.3, 0.4) is 0 Å². The minimum absolute atomic E-state index is 0. The largest absolute Gasteiger partial charge is 0.350 e. The van der Waals surface area contributed by atoms with Crippen LogP contribution >= 0.6 is 12.4 Å². The fraction of sp³-hybridized carbons (Fsp3) is 0.333. The summed E-state index contributed by atoms with van der Waals surface area (Å²) in [5.41, 5.74) is 1.35. The van der Waals surface area contributed by atoms with E-state index < -0.39 is 5.54 Å². The van der Waals surface area contributed by atoms with Crippen molar-refractivity contribution in [3.63, 3.8) is 0 Å². The van der Waals surface area contributed by atoms with Crippen LogP contribution in [0.4, 0.5) is 0 Å². The van der Waals surface area contributed by atoms with E-state index in [2.05, 4.69) is 25.8 Å². The van der Waals surface area contributed by atoms with Gasteiger partial charge in [0.05, 0.1) is 5.69 Å². The summed E-state index contributed by atoms with van der Waals surface area (Å²) >= 11 is 0. The second-order valence-corrected chi connectivity index (χ2v) is 6.42. The lowest BCUT2D eigenvalue weighted by Gasteiger charge is -2.36. The number of carbonyl (C=O) groups excluding carboxylic acids is 1. The highest BCUT2D eigenvalue weighted by Crippen LogP contribution is 2.27. The Bertz CT molecular complexity index is 840. The smallest absolute Gasteiger partial charge is 0.248 e. The Hall–Kier alpha value is -2.71. The highest BCUT2D eigenvalue weighted by Gasteiger charge is 2.41. The molecule has 1 saturated heterocycles. The van der Waals surface area contributed by atoms with E-state index in [1.165, 1.54) is 6.33 Å². The van der Waals surface area contributed by atoms with Gasteiger partial charge in [-0.25, -0.2) is 9.67 Å². The topological polar surface area (TPSA) is 89.7 Å². The zero-order valence-electron chi connectivity index (χ0n) is 14.8. The van der Waals surface area contributed by atoms with Crippen molar-refractivity contribution in [1.29, 1.82) is 0 Å². The van der Waals surface area contributed by atoms with Crippen LogP contribution in [0.2, 0.25) is 0 Å². The van der Waals surface area contributed by atoms with Crippen LogP contribution in [0, 0.1) is 0 Å². The Morgan fingerprint density at radius 2 is 1.96 bits per heavy atom. The van der Waals surface area contributed by atoms with E-state index in [0.717, 1.165) is 37.2 Å². The van der Waals surface area contributed by atoms with E-state index in [0.29, 0.717) is 6.54 Å². The molecule has 0 bridgehead atoms. The number of halogens is 1. The maximum absolute atomic E-state index is 13.0. The Balaban J connectivity index is 0.00000210. The fourth-order valence-electron chi connectivity index (χ4n) is 3.38. The third-order valence-electron chi connectivity index (χ3n) is 4.87. The average Bonchev–Trinajstić information content (AvgIpc) is 3.41. The molecule has 8 nitrogen and oxygen atoms in total. The molecule has 0 saturated carbocycles. The molecular formula is C18H22ClN7O. The average molecular weight is 388 g/mol. The van der Waals surface area contributed by atoms with Crippen LogP contribution in [-0.4, -0.2) is 43.5 Å². The van der Waals surface area contributed by atoms with Crippen molar-refractivity contribution >= 4 is 18.3 Å². The van der Waals surface area contributed by atoms with Gasteiger partial charge in [0.25, 0.3) is 0 Å². The Morgan fingerprint density at radius 1 is 1.19 bits per heavy atom. The summed E-state index contributed by atoms with van der Waals surface area (Å²) in [7, 11) is 0. The quantitative estimate of drug-likeness (QED) is 0.688. The number of nitrogens with one attached hydrogen (secondary N) is 2. The molecule has 0 spiro atoms. The molecule has 0 aliphatic carbocycles. The van der Waals surface area contributed by atoms with Gasteiger partial charge in [-0.2, -0.15) is 10.2 Å². The van der Waals surface area contributed by atoms with Crippen LogP contribution in [-0.2, 0) is 16.9 Å². The van der Waals surface area contributed by atoms with Gasteiger partial charge < -0.3 is 10.6 Å². The van der Waals surface area contributed by atoms with Gasteiger partial charge in [0.15, 0.2) is 0 Å². The predicted molar refractivity (Wildman–Crippen MR) is 103 cm³/mol. The normalized spacial score (nSPS) is 15.7. The van der Waals surface area contributed by atoms with Gasteiger partial charge in [-0.05, 0) is 49.7 Å². The molecule has 3 aromatic rings. The summed E-state index contributed by atoms with van der Waals surface area (Å²) in [6.07, 6.45) is 8.21. The molecule has 1 amide bonds. The Labute approximate surface area is 163 Å². The first kappa shape index (κ1) is 19.1. The predicted octanol–water partition coefficient (Wildman–Crippen LogP) is 1.28. The monoisotopic (exact) mass is 387 g/mol. The maximum atomic E-state index is 13.0. The molecule has 1 aliphatic heterocycles. The molecule has 4 rings (SSSR count). The minimum Gasteiger partial charge on any atom is -0.350 e. The molecule has 3 heterocycles. The summed E-state index contributed by atoms with van der Waals surface area (Å²) in [5.74, 6) is 0.0167. The number of nitrogens with zero attached hydrogens (tertiary/aromatic N) is 5. The molecule has 2 N–H and O–H groups in total. The van der Waals surface area contributed by atoms with Gasteiger partial charge in [-0.15, -0.1) is 12.4 Å². The van der Waals surface area contributed by atoms with Gasteiger partial charge in [0, 0.05) is 18.9 Å². The van der Waals surface area contributed by atoms with Crippen LogP contribution in [0.15, 0.2) is 55.4 Å². The summed E-state index contributed by atoms with van der Waals surface area (Å²) in [6, 6.07) is 9.76. The van der Waals surface area contributed by atoms with E-state index in [9.17, 15) is 4.79 Å². The number of hydrogen-bond donors (Lipinski definition) is 2. The second kappa shape index (κ2) is 8.32. The van der Waals surface area contributed by atoms with E-state index in [1.807, 2.05) is 36.5 Å². The van der Waals surface area contributed by atoms with E-state index in [-0.39, 0.29) is 18.3 Å². The molecule has 1 aliphatic rings. The Morgan fingerprint density at radius 3 is 2.59 bits per heavy atom. The number of carbonyl (C=O) groups is 1. The third-order valence-corrected chi connectivity index (χ3v) is 4.87. The van der Waals surface area contributed by atoms with Crippen LogP contribution in [0.5, 0.6) is 0 Å². The van der Waals surface area contributed by atoms with Gasteiger partial charge in [-0.3, -0.25) is 9.48 Å². The van der Waals surface area contributed by atoms with Crippen LogP contribution in [0.25, 0.3) is 5.69 Å². The first-order valence-corrected chi connectivity index (χ1v) is 8.71. The molecule has 1 fully saturated rings. The molecule has 27 heavy (non-hydrogen) atoms. The lowest BCUT2D eigenvalue weighted by Crippen LogP contribution is -2.54. The van der Waals surface area contributed by atoms with Crippen molar-refractivity contribution in [3.8, 4) is 5.69 Å². The number of rotatable bonds is 5. The molecule has 0 radical (unpaired) electrons. The van der Waals surface area contributed by atoms with E-state index in [1.54, 1.807) is 21.9 Å². The number of benzene rings is 1. The van der Waals surface area contributed by atoms with E-state index >= 15 is 0 Å². The van der Waals surface area contributed by atoms with Gasteiger partial charge in [0.2, 0.25) is 5.91 Å². The van der Waals surface area contributed by atoms with Crippen molar-refractivity contribution in [1.82, 2.24) is 35.2 Å². The summed E-state index contributed by atoms with van der Waals surface area (Å²) < 4.78 is 3.50. The van der Waals surface area contributed by atoms with Crippen molar-refractivity contribution in [2.75, 3.05) is 13.1 Å². The molecule has 0 unspecified atom stereocenters. The summed E-state index contributed by atoms with van der Waals surface area (Å²) in [4.78, 5) is 17.0. The van der Waals surface area contributed by atoms with E-state index in [4.69, 9.17) is 0 Å². The van der Waals surface area contributed by atoms with Crippen molar-refractivity contribution < 1.29 is 4.79 Å². The summed E-state index contributed by atoms with van der Waals surface area (Å²) in [6.45, 7) is 2.09. The highest BCUT2D eigenvalue weighted by molar-refractivity contribution is 5.85. The number of amides is 1. The molecular weight excluding hydrogens is 366 g/mol. The highest BCUT2D eigenvalue weighted by atomic mass is 35.5. The fourth-order valence-corrected chi connectivity index (χ4v) is 3.38. The standard InChI is InChI=1S/C18H21N7O.ClH/c26-17(18(6-9-19-10-7-18)25-11-1-8-22-25)21-12-15-2-4-16(5-3-15)24-14-20-13-23-24;/h1-5,8,11,13-14,19H,6-7,9-10,12H2,(H,21,26);1H. The molecule has 0 atom stereocenters. The number of hydrogen-bond acceptors (Lipinski definition) is 5. The first-order chi connectivity index (χ1) is 12.8. The van der Waals surface area contributed by atoms with Gasteiger partial charge >= 0.3 is 0 Å². The molecule has 2 aromatic heterocycles. The number of aromatic nitrogens is 5. The van der Waals surface area contributed by atoms with Gasteiger partial charge in [0.1, 0.15) is 18.2 Å². The molecule has 1 aromatic carbocycles. The molecule has 9 heteroatoms. The van der Waals surface area contributed by atoms with Crippen molar-refractivity contribution in [2.24, 2.45) is 0 Å². The summed E-state index contributed by atoms with van der Waals surface area (Å²) in [5, 5.41) is 14.9.